The van der Waals surface area contributed by atoms with Gasteiger partial charge in [0, 0.05) is 0 Å². The molecule has 1 N–H and O–H groups in total. The third-order valence-corrected chi connectivity index (χ3v) is 8.24. The van der Waals surface area contributed by atoms with E-state index in [1.807, 2.05) is 82.8 Å². The van der Waals surface area contributed by atoms with Crippen molar-refractivity contribution in [3.63, 3.8) is 0 Å². The molecule has 3 nitrogen and oxygen atoms in total. The third kappa shape index (κ3) is 3.38. The van der Waals surface area contributed by atoms with Gasteiger partial charge in [0.2, 0.25) is 0 Å². The van der Waals surface area contributed by atoms with Gasteiger partial charge < -0.3 is 0 Å². The van der Waals surface area contributed by atoms with Crippen molar-refractivity contribution < 1.29 is 14.0 Å². The van der Waals surface area contributed by atoms with Gasteiger partial charge in [-0.05, 0) is 0 Å². The fraction of sp³-hybridized carbons (Fsp3) is 0.200. The number of rotatable bonds is 5. The molecule has 24 heavy (non-hydrogen) atoms. The Morgan fingerprint density at radius 3 is 1.67 bits per heavy atom. The molecule has 0 fully saturated rings. The van der Waals surface area contributed by atoms with E-state index in [2.05, 4.69) is 13.4 Å². The Bertz CT molecular complexity index is 752. The van der Waals surface area contributed by atoms with E-state index >= 15 is 0 Å². The molecule has 2 rings (SSSR count). The summed E-state index contributed by atoms with van der Waals surface area (Å²) in [5.41, 5.74) is 2.14. The molecule has 1 aliphatic heterocycles. The summed E-state index contributed by atoms with van der Waals surface area (Å²) in [6.07, 6.45) is 7.89. The molecule has 0 unspecified atom stereocenters. The Morgan fingerprint density at radius 2 is 1.29 bits per heavy atom. The Balaban J connectivity index is 2.68. The van der Waals surface area contributed by atoms with Gasteiger partial charge in [0.1, 0.15) is 0 Å². The van der Waals surface area contributed by atoms with Crippen molar-refractivity contribution in [1.29, 1.82) is 0 Å². The van der Waals surface area contributed by atoms with Gasteiger partial charge in [-0.25, -0.2) is 0 Å². The van der Waals surface area contributed by atoms with Crippen LogP contribution in [0.4, 0.5) is 0 Å². The number of hydrogen-bond acceptors (Lipinski definition) is 1. The summed E-state index contributed by atoms with van der Waals surface area (Å²) < 4.78 is 3.51. The summed E-state index contributed by atoms with van der Waals surface area (Å²) in [5.74, 6) is 0. The molecule has 0 radical (unpaired) electrons. The first kappa shape index (κ1) is 18.3. The first-order chi connectivity index (χ1) is 11.3. The molecule has 4 heteroatoms. The van der Waals surface area contributed by atoms with Crippen LogP contribution in [0.3, 0.4) is 0 Å². The molecule has 0 bridgehead atoms. The van der Waals surface area contributed by atoms with Crippen molar-refractivity contribution in [3.8, 4) is 0 Å². The standard InChI is InChI=1S/C20H27N2OP/c1-16-19(12-14-21(3)4)20(13-15-22(5)6)17(2)24(16,23)18-10-8-7-9-11-18/h7-15,23-24H,3,5H2,1-2,4,6H3/q+2/b14-12-,15-13-. The fourth-order valence-electron chi connectivity index (χ4n) is 3.02. The number of allylic oxidation sites excluding steroid dienone is 6. The van der Waals surface area contributed by atoms with E-state index in [1.54, 1.807) is 9.15 Å². The maximum absolute atomic E-state index is 11.7. The molecule has 0 aliphatic carbocycles. The molecule has 0 spiro atoms. The Kier molecular flexibility index (Phi) is 5.48. The summed E-state index contributed by atoms with van der Waals surface area (Å²) >= 11 is 0. The van der Waals surface area contributed by atoms with E-state index < -0.39 is 7.49 Å². The molecule has 1 heterocycles. The van der Waals surface area contributed by atoms with Gasteiger partial charge in [0.05, 0.1) is 0 Å². The monoisotopic (exact) mass is 342 g/mol. The van der Waals surface area contributed by atoms with Crippen LogP contribution in [0, 0.1) is 0 Å². The van der Waals surface area contributed by atoms with Gasteiger partial charge in [0.25, 0.3) is 0 Å². The van der Waals surface area contributed by atoms with Crippen molar-refractivity contribution in [1.82, 2.24) is 0 Å². The third-order valence-electron chi connectivity index (χ3n) is 4.37. The van der Waals surface area contributed by atoms with Crippen LogP contribution in [0.15, 0.2) is 76.7 Å². The van der Waals surface area contributed by atoms with Gasteiger partial charge in [-0.15, -0.1) is 0 Å². The molecule has 0 saturated carbocycles. The molecule has 0 amide bonds. The number of hydrogen-bond donors (Lipinski definition) is 1. The second-order valence-electron chi connectivity index (χ2n) is 6.30. The molecule has 0 saturated heterocycles. The van der Waals surface area contributed by atoms with E-state index in [0.717, 1.165) is 27.1 Å². The van der Waals surface area contributed by atoms with Crippen LogP contribution in [0.2, 0.25) is 0 Å². The fourth-order valence-corrected chi connectivity index (χ4v) is 6.34. The van der Waals surface area contributed by atoms with Crippen LogP contribution in [0.25, 0.3) is 0 Å². The van der Waals surface area contributed by atoms with Crippen LogP contribution in [0.1, 0.15) is 13.8 Å². The second-order valence-corrected chi connectivity index (χ2v) is 9.80. The SMILES string of the molecule is C=[N+](C)/C=C\C1=C(C)[PH](O)(c2ccccc2)C(C)=C1/C=C\[N+](=C)C. The average Bonchev–Trinajstić information content (AvgIpc) is 2.73. The molecule has 0 aromatic heterocycles. The molecular formula is C20H27N2OP+2. The molecule has 1 aromatic carbocycles. The Hall–Kier alpha value is -2.09. The summed E-state index contributed by atoms with van der Waals surface area (Å²) in [4.78, 5) is 11.7. The summed E-state index contributed by atoms with van der Waals surface area (Å²) in [6, 6.07) is 9.99. The Labute approximate surface area is 145 Å². The van der Waals surface area contributed by atoms with Gasteiger partial charge in [0.15, 0.2) is 0 Å². The van der Waals surface area contributed by atoms with E-state index in [4.69, 9.17) is 0 Å². The van der Waals surface area contributed by atoms with Crippen molar-refractivity contribution in [2.45, 2.75) is 13.8 Å². The number of benzene rings is 1. The van der Waals surface area contributed by atoms with Crippen LogP contribution >= 0.6 is 7.49 Å². The summed E-state index contributed by atoms with van der Waals surface area (Å²) in [5, 5.41) is 3.12. The quantitative estimate of drug-likeness (QED) is 0.496. The number of nitrogens with zero attached hydrogens (tertiary/aromatic N) is 2. The van der Waals surface area contributed by atoms with Crippen LogP contribution in [-0.2, 0) is 0 Å². The van der Waals surface area contributed by atoms with Gasteiger partial charge >= 0.3 is 145 Å². The van der Waals surface area contributed by atoms with Crippen molar-refractivity contribution in [3.05, 3.63) is 76.7 Å². The van der Waals surface area contributed by atoms with Crippen LogP contribution in [0.5, 0.6) is 0 Å². The zero-order valence-corrected chi connectivity index (χ0v) is 16.0. The zero-order valence-electron chi connectivity index (χ0n) is 15.0. The topological polar surface area (TPSA) is 26.2 Å². The molecule has 0 atom stereocenters. The normalized spacial score (nSPS) is 18.7. The van der Waals surface area contributed by atoms with Gasteiger partial charge in [-0.3, -0.25) is 0 Å². The van der Waals surface area contributed by atoms with E-state index in [1.165, 1.54) is 0 Å². The van der Waals surface area contributed by atoms with Gasteiger partial charge in [-0.2, -0.15) is 0 Å². The molecular weight excluding hydrogens is 315 g/mol. The first-order valence-corrected chi connectivity index (χ1v) is 9.87. The molecule has 1 aromatic rings. The second kappa shape index (κ2) is 7.21. The summed E-state index contributed by atoms with van der Waals surface area (Å²) in [7, 11) is 0.913. The van der Waals surface area contributed by atoms with Gasteiger partial charge in [-0.1, -0.05) is 0 Å². The van der Waals surface area contributed by atoms with Crippen LogP contribution < -0.4 is 5.30 Å². The van der Waals surface area contributed by atoms with E-state index in [-0.39, 0.29) is 0 Å². The zero-order chi connectivity index (χ0) is 17.9. The van der Waals surface area contributed by atoms with Crippen molar-refractivity contribution in [2.24, 2.45) is 0 Å². The first-order valence-electron chi connectivity index (χ1n) is 7.92. The van der Waals surface area contributed by atoms with Crippen molar-refractivity contribution in [2.75, 3.05) is 14.1 Å². The predicted octanol–water partition coefficient (Wildman–Crippen LogP) is 3.24. The maximum atomic E-state index is 11.7. The molecule has 1 aliphatic rings. The van der Waals surface area contributed by atoms with E-state index in [0.29, 0.717) is 0 Å². The minimum atomic E-state index is -2.86. The van der Waals surface area contributed by atoms with Crippen molar-refractivity contribution >= 4 is 26.2 Å². The average molecular weight is 342 g/mol. The Morgan fingerprint density at radius 1 is 0.875 bits per heavy atom. The molecule has 126 valence electrons. The van der Waals surface area contributed by atoms with E-state index in [9.17, 15) is 4.89 Å². The minimum absolute atomic E-state index is 1.01. The predicted molar refractivity (Wildman–Crippen MR) is 107 cm³/mol. The van der Waals surface area contributed by atoms with Crippen LogP contribution in [-0.4, -0.2) is 41.6 Å². The summed E-state index contributed by atoms with van der Waals surface area (Å²) in [6.45, 7) is 11.8.